The lowest BCUT2D eigenvalue weighted by Gasteiger charge is -1.95. The highest BCUT2D eigenvalue weighted by Gasteiger charge is 1.90. The Morgan fingerprint density at radius 2 is 2.23 bits per heavy atom. The van der Waals surface area contributed by atoms with Gasteiger partial charge in [-0.3, -0.25) is 0 Å². The Kier molecular flexibility index (Phi) is 4.09. The molecule has 0 spiro atoms. The van der Waals surface area contributed by atoms with Gasteiger partial charge in [0.05, 0.1) is 0 Å². The first-order chi connectivity index (χ1) is 6.34. The van der Waals surface area contributed by atoms with Crippen LogP contribution >= 0.6 is 15.9 Å². The first-order valence-corrected chi connectivity index (χ1v) is 4.56. The topological polar surface area (TPSA) is 48.8 Å². The standard InChI is InChI=1S/C9H8BrN3/c10-9-6-2-1-4-8(9)5-3-7-12-13-11/h1-6H,7H2. The summed E-state index contributed by atoms with van der Waals surface area (Å²) in [5, 5.41) is 3.39. The number of nitrogens with zero attached hydrogens (tertiary/aromatic N) is 3. The van der Waals surface area contributed by atoms with Crippen molar-refractivity contribution >= 4 is 22.0 Å². The quantitative estimate of drug-likeness (QED) is 0.437. The van der Waals surface area contributed by atoms with Gasteiger partial charge >= 0.3 is 0 Å². The number of hydrogen-bond acceptors (Lipinski definition) is 1. The van der Waals surface area contributed by atoms with Gasteiger partial charge in [-0.25, -0.2) is 0 Å². The Balaban J connectivity index is 2.68. The van der Waals surface area contributed by atoms with Gasteiger partial charge in [-0.1, -0.05) is 51.4 Å². The number of halogens is 1. The van der Waals surface area contributed by atoms with Crippen LogP contribution in [0.25, 0.3) is 16.5 Å². The van der Waals surface area contributed by atoms with E-state index < -0.39 is 0 Å². The van der Waals surface area contributed by atoms with Crippen molar-refractivity contribution in [2.24, 2.45) is 5.11 Å². The Morgan fingerprint density at radius 3 is 2.92 bits per heavy atom. The van der Waals surface area contributed by atoms with Gasteiger partial charge in [0.2, 0.25) is 0 Å². The molecule has 0 unspecified atom stereocenters. The molecule has 66 valence electrons. The summed E-state index contributed by atoms with van der Waals surface area (Å²) in [6.07, 6.45) is 3.73. The van der Waals surface area contributed by atoms with E-state index in [9.17, 15) is 0 Å². The summed E-state index contributed by atoms with van der Waals surface area (Å²) >= 11 is 3.41. The van der Waals surface area contributed by atoms with Crippen molar-refractivity contribution in [2.45, 2.75) is 0 Å². The third-order valence-electron chi connectivity index (χ3n) is 1.45. The van der Waals surface area contributed by atoms with Crippen LogP contribution in [0.15, 0.2) is 39.9 Å². The van der Waals surface area contributed by atoms with Gasteiger partial charge in [-0.05, 0) is 17.2 Å². The van der Waals surface area contributed by atoms with Crippen LogP contribution in [0.3, 0.4) is 0 Å². The largest absolute Gasteiger partial charge is 0.0899 e. The van der Waals surface area contributed by atoms with Crippen molar-refractivity contribution < 1.29 is 0 Å². The molecule has 0 atom stereocenters. The molecular formula is C9H8BrN3. The molecule has 3 nitrogen and oxygen atoms in total. The third-order valence-corrected chi connectivity index (χ3v) is 2.18. The van der Waals surface area contributed by atoms with Crippen LogP contribution < -0.4 is 0 Å². The van der Waals surface area contributed by atoms with E-state index in [0.717, 1.165) is 10.0 Å². The maximum Gasteiger partial charge on any atom is 0.0443 e. The van der Waals surface area contributed by atoms with Crippen LogP contribution in [0.1, 0.15) is 5.56 Å². The van der Waals surface area contributed by atoms with E-state index in [0.29, 0.717) is 6.54 Å². The number of azide groups is 1. The number of benzene rings is 1. The third kappa shape index (κ3) is 3.32. The average molecular weight is 238 g/mol. The summed E-state index contributed by atoms with van der Waals surface area (Å²) in [4.78, 5) is 2.65. The summed E-state index contributed by atoms with van der Waals surface area (Å²) < 4.78 is 1.03. The molecule has 4 heteroatoms. The van der Waals surface area contributed by atoms with Crippen molar-refractivity contribution in [3.63, 3.8) is 0 Å². The second kappa shape index (κ2) is 5.41. The molecule has 0 saturated heterocycles. The van der Waals surface area contributed by atoms with E-state index in [4.69, 9.17) is 5.53 Å². The van der Waals surface area contributed by atoms with Gasteiger partial charge in [0.1, 0.15) is 0 Å². The minimum atomic E-state index is 0.387. The van der Waals surface area contributed by atoms with Gasteiger partial charge in [-0.15, -0.1) is 0 Å². The zero-order chi connectivity index (χ0) is 9.52. The molecule has 0 aliphatic rings. The molecule has 0 fully saturated rings. The zero-order valence-corrected chi connectivity index (χ0v) is 8.48. The average Bonchev–Trinajstić information content (AvgIpc) is 2.15. The first-order valence-electron chi connectivity index (χ1n) is 3.76. The minimum Gasteiger partial charge on any atom is -0.0899 e. The molecule has 1 aromatic carbocycles. The van der Waals surface area contributed by atoms with E-state index in [1.54, 1.807) is 0 Å². The SMILES string of the molecule is [N-]=[N+]=NCC=Cc1ccccc1Br. The highest BCUT2D eigenvalue weighted by Crippen LogP contribution is 2.16. The van der Waals surface area contributed by atoms with Crippen LogP contribution in [0.4, 0.5) is 0 Å². The van der Waals surface area contributed by atoms with E-state index in [-0.39, 0.29) is 0 Å². The Bertz CT molecular complexity index is 354. The maximum absolute atomic E-state index is 8.03. The van der Waals surface area contributed by atoms with E-state index in [1.165, 1.54) is 0 Å². The van der Waals surface area contributed by atoms with Crippen LogP contribution in [0.2, 0.25) is 0 Å². The summed E-state index contributed by atoms with van der Waals surface area (Å²) in [6, 6.07) is 7.86. The molecule has 0 bridgehead atoms. The van der Waals surface area contributed by atoms with Gasteiger partial charge in [0.25, 0.3) is 0 Å². The second-order valence-corrected chi connectivity index (χ2v) is 3.19. The molecule has 0 amide bonds. The summed E-state index contributed by atoms with van der Waals surface area (Å²) in [7, 11) is 0. The molecule has 1 rings (SSSR count). The highest BCUT2D eigenvalue weighted by atomic mass is 79.9. The predicted octanol–water partition coefficient (Wildman–Crippen LogP) is 3.77. The van der Waals surface area contributed by atoms with Crippen LogP contribution in [-0.2, 0) is 0 Å². The monoisotopic (exact) mass is 237 g/mol. The molecule has 0 N–H and O–H groups in total. The smallest absolute Gasteiger partial charge is 0.0443 e. The molecule has 0 aliphatic carbocycles. The van der Waals surface area contributed by atoms with Crippen LogP contribution in [0, 0.1) is 0 Å². The van der Waals surface area contributed by atoms with Crippen molar-refractivity contribution in [3.8, 4) is 0 Å². The lowest BCUT2D eigenvalue weighted by Crippen LogP contribution is -1.74. The first kappa shape index (κ1) is 9.84. The van der Waals surface area contributed by atoms with E-state index in [2.05, 4.69) is 26.0 Å². The summed E-state index contributed by atoms with van der Waals surface area (Å²) in [6.45, 7) is 0.387. The fraction of sp³-hybridized carbons (Fsp3) is 0.111. The van der Waals surface area contributed by atoms with E-state index >= 15 is 0 Å². The molecule has 1 aromatic rings. The fourth-order valence-corrected chi connectivity index (χ4v) is 1.29. The molecule has 0 aromatic heterocycles. The van der Waals surface area contributed by atoms with Crippen molar-refractivity contribution in [1.29, 1.82) is 0 Å². The van der Waals surface area contributed by atoms with Crippen molar-refractivity contribution in [2.75, 3.05) is 6.54 Å². The summed E-state index contributed by atoms with van der Waals surface area (Å²) in [5.74, 6) is 0. The van der Waals surface area contributed by atoms with Crippen molar-refractivity contribution in [3.05, 3.63) is 50.8 Å². The zero-order valence-electron chi connectivity index (χ0n) is 6.89. The molecule has 0 radical (unpaired) electrons. The number of rotatable bonds is 3. The van der Waals surface area contributed by atoms with Crippen LogP contribution in [0.5, 0.6) is 0 Å². The molecule has 0 saturated carbocycles. The maximum atomic E-state index is 8.03. The molecule has 13 heavy (non-hydrogen) atoms. The van der Waals surface area contributed by atoms with Gasteiger partial charge in [0, 0.05) is 15.9 Å². The van der Waals surface area contributed by atoms with Gasteiger partial charge in [0.15, 0.2) is 0 Å². The Hall–Kier alpha value is -1.25. The molecule has 0 heterocycles. The van der Waals surface area contributed by atoms with Crippen molar-refractivity contribution in [1.82, 2.24) is 0 Å². The van der Waals surface area contributed by atoms with Gasteiger partial charge in [-0.2, -0.15) is 0 Å². The van der Waals surface area contributed by atoms with E-state index in [1.807, 2.05) is 36.4 Å². The Morgan fingerprint density at radius 1 is 1.46 bits per heavy atom. The minimum absolute atomic E-state index is 0.387. The molecule has 0 aliphatic heterocycles. The lowest BCUT2D eigenvalue weighted by molar-refractivity contribution is 1.22. The van der Waals surface area contributed by atoms with Crippen LogP contribution in [-0.4, -0.2) is 6.54 Å². The summed E-state index contributed by atoms with van der Waals surface area (Å²) in [5.41, 5.74) is 9.11. The normalized spacial score (nSPS) is 9.92. The Labute approximate surface area is 84.8 Å². The molecular weight excluding hydrogens is 230 g/mol. The fourth-order valence-electron chi connectivity index (χ4n) is 0.874. The lowest BCUT2D eigenvalue weighted by atomic mass is 10.2. The highest BCUT2D eigenvalue weighted by molar-refractivity contribution is 9.10. The number of hydrogen-bond donors (Lipinski definition) is 0. The van der Waals surface area contributed by atoms with Gasteiger partial charge < -0.3 is 0 Å². The predicted molar refractivity (Wildman–Crippen MR) is 57.2 cm³/mol. The second-order valence-electron chi connectivity index (χ2n) is 2.34.